The molecule has 0 radical (unpaired) electrons. The fourth-order valence-corrected chi connectivity index (χ4v) is 2.13. The van der Waals surface area contributed by atoms with E-state index in [0.29, 0.717) is 25.1 Å². The Kier molecular flexibility index (Phi) is 4.27. The van der Waals surface area contributed by atoms with E-state index in [2.05, 4.69) is 10.6 Å². The maximum absolute atomic E-state index is 13.1. The van der Waals surface area contributed by atoms with Crippen LogP contribution in [0.25, 0.3) is 0 Å². The van der Waals surface area contributed by atoms with Crippen LogP contribution in [0.4, 0.5) is 23.2 Å². The van der Waals surface area contributed by atoms with Crippen molar-refractivity contribution in [1.82, 2.24) is 5.32 Å². The average Bonchev–Trinajstić information content (AvgIpc) is 2.40. The summed E-state index contributed by atoms with van der Waals surface area (Å²) in [6, 6.07) is 2.01. The fraction of sp³-hybridized carbons (Fsp3) is 0.462. The lowest BCUT2D eigenvalue weighted by Gasteiger charge is -2.22. The Hall–Kier alpha value is -1.63. The van der Waals surface area contributed by atoms with Crippen LogP contribution in [0.3, 0.4) is 0 Å². The summed E-state index contributed by atoms with van der Waals surface area (Å²) >= 11 is 0. The zero-order valence-corrected chi connectivity index (χ0v) is 10.6. The summed E-state index contributed by atoms with van der Waals surface area (Å²) in [5.41, 5.74) is -1.44. The summed E-state index contributed by atoms with van der Waals surface area (Å²) in [5.74, 6) is -1.75. The van der Waals surface area contributed by atoms with E-state index in [1.54, 1.807) is 0 Å². The van der Waals surface area contributed by atoms with E-state index in [9.17, 15) is 22.4 Å². The summed E-state index contributed by atoms with van der Waals surface area (Å²) in [7, 11) is 0. The van der Waals surface area contributed by atoms with Crippen LogP contribution >= 0.6 is 0 Å². The van der Waals surface area contributed by atoms with Crippen molar-refractivity contribution in [3.8, 4) is 0 Å². The van der Waals surface area contributed by atoms with Crippen LogP contribution in [0.15, 0.2) is 18.2 Å². The highest BCUT2D eigenvalue weighted by Gasteiger charge is 2.34. The van der Waals surface area contributed by atoms with Crippen molar-refractivity contribution in [2.24, 2.45) is 0 Å². The summed E-state index contributed by atoms with van der Waals surface area (Å²) in [6.45, 7) is 0.704. The van der Waals surface area contributed by atoms with Crippen molar-refractivity contribution in [3.05, 3.63) is 29.6 Å². The van der Waals surface area contributed by atoms with Gasteiger partial charge < -0.3 is 10.6 Å². The van der Waals surface area contributed by atoms with Crippen LogP contribution in [0.1, 0.15) is 24.8 Å². The van der Waals surface area contributed by atoms with E-state index in [-0.39, 0.29) is 5.69 Å². The van der Waals surface area contributed by atoms with E-state index in [0.717, 1.165) is 18.9 Å². The first kappa shape index (κ1) is 14.8. The van der Waals surface area contributed by atoms with Gasteiger partial charge in [-0.3, -0.25) is 4.79 Å². The second kappa shape index (κ2) is 5.78. The third-order valence-corrected chi connectivity index (χ3v) is 3.17. The lowest BCUT2D eigenvalue weighted by atomic mass is 10.0. The molecule has 1 fully saturated rings. The van der Waals surface area contributed by atoms with Crippen LogP contribution in [0.2, 0.25) is 0 Å². The molecule has 0 bridgehead atoms. The maximum Gasteiger partial charge on any atom is 0.419 e. The molecule has 1 aromatic rings. The van der Waals surface area contributed by atoms with Crippen molar-refractivity contribution < 1.29 is 22.4 Å². The molecular weight excluding hydrogens is 276 g/mol. The van der Waals surface area contributed by atoms with Crippen molar-refractivity contribution in [1.29, 1.82) is 0 Å². The van der Waals surface area contributed by atoms with Gasteiger partial charge >= 0.3 is 6.18 Å². The highest BCUT2D eigenvalue weighted by Crippen LogP contribution is 2.33. The number of carbonyl (C=O) groups excluding carboxylic acids is 1. The first-order valence-electron chi connectivity index (χ1n) is 6.29. The standard InChI is InChI=1S/C13H14F4N2O/c14-10-5-4-8(7-9(10)13(15,16)17)19-12(20)11-3-1-2-6-18-11/h4-5,7,11,18H,1-3,6H2,(H,19,20). The molecule has 1 amide bonds. The molecule has 1 aliphatic heterocycles. The molecule has 0 saturated carbocycles. The lowest BCUT2D eigenvalue weighted by molar-refractivity contribution is -0.140. The van der Waals surface area contributed by atoms with Crippen molar-refractivity contribution >= 4 is 11.6 Å². The largest absolute Gasteiger partial charge is 0.419 e. The van der Waals surface area contributed by atoms with Crippen LogP contribution in [0.5, 0.6) is 0 Å². The molecule has 1 unspecified atom stereocenters. The van der Waals surface area contributed by atoms with Gasteiger partial charge in [0.25, 0.3) is 0 Å². The van der Waals surface area contributed by atoms with Gasteiger partial charge in [0.1, 0.15) is 5.82 Å². The minimum atomic E-state index is -4.78. The molecule has 1 saturated heterocycles. The molecule has 1 heterocycles. The SMILES string of the molecule is O=C(Nc1ccc(F)c(C(F)(F)F)c1)C1CCCCN1. The molecule has 2 rings (SSSR count). The normalized spacial score (nSPS) is 19.7. The van der Waals surface area contributed by atoms with E-state index in [4.69, 9.17) is 0 Å². The third kappa shape index (κ3) is 3.47. The van der Waals surface area contributed by atoms with Gasteiger partial charge in [-0.1, -0.05) is 6.42 Å². The van der Waals surface area contributed by atoms with Crippen LogP contribution < -0.4 is 10.6 Å². The van der Waals surface area contributed by atoms with Crippen LogP contribution in [0, 0.1) is 5.82 Å². The predicted molar refractivity (Wildman–Crippen MR) is 65.7 cm³/mol. The van der Waals surface area contributed by atoms with Crippen LogP contribution in [-0.2, 0) is 11.0 Å². The highest BCUT2D eigenvalue weighted by molar-refractivity contribution is 5.94. The van der Waals surface area contributed by atoms with Gasteiger partial charge in [0.15, 0.2) is 0 Å². The van der Waals surface area contributed by atoms with Gasteiger partial charge in [0, 0.05) is 5.69 Å². The first-order chi connectivity index (χ1) is 9.38. The number of nitrogens with one attached hydrogen (secondary N) is 2. The second-order valence-corrected chi connectivity index (χ2v) is 4.68. The van der Waals surface area contributed by atoms with Crippen molar-refractivity contribution in [3.63, 3.8) is 0 Å². The number of anilines is 1. The lowest BCUT2D eigenvalue weighted by Crippen LogP contribution is -2.43. The number of halogens is 4. The van der Waals surface area contributed by atoms with Crippen LogP contribution in [-0.4, -0.2) is 18.5 Å². The Morgan fingerprint density at radius 3 is 2.65 bits per heavy atom. The molecule has 0 aromatic heterocycles. The number of rotatable bonds is 2. The average molecular weight is 290 g/mol. The van der Waals surface area contributed by atoms with Gasteiger partial charge in [-0.2, -0.15) is 13.2 Å². The van der Waals surface area contributed by atoms with E-state index < -0.39 is 29.5 Å². The summed E-state index contributed by atoms with van der Waals surface area (Å²) < 4.78 is 50.8. The van der Waals surface area contributed by atoms with E-state index in [1.165, 1.54) is 0 Å². The van der Waals surface area contributed by atoms with Gasteiger partial charge in [0.05, 0.1) is 11.6 Å². The number of carbonyl (C=O) groups is 1. The number of benzene rings is 1. The van der Waals surface area contributed by atoms with Crippen molar-refractivity contribution in [2.45, 2.75) is 31.5 Å². The third-order valence-electron chi connectivity index (χ3n) is 3.17. The predicted octanol–water partition coefficient (Wildman–Crippen LogP) is 2.93. The topological polar surface area (TPSA) is 41.1 Å². The first-order valence-corrected chi connectivity index (χ1v) is 6.29. The summed E-state index contributed by atoms with van der Waals surface area (Å²) in [6.07, 6.45) is -2.28. The van der Waals surface area contributed by atoms with Gasteiger partial charge in [-0.05, 0) is 37.6 Å². The van der Waals surface area contributed by atoms with E-state index >= 15 is 0 Å². The molecule has 20 heavy (non-hydrogen) atoms. The summed E-state index contributed by atoms with van der Waals surface area (Å²) in [5, 5.41) is 5.37. The van der Waals surface area contributed by atoms with Gasteiger partial charge in [-0.25, -0.2) is 4.39 Å². The Balaban J connectivity index is 2.11. The Labute approximate surface area is 113 Å². The molecular formula is C13H14F4N2O. The van der Waals surface area contributed by atoms with E-state index in [1.807, 2.05) is 0 Å². The molecule has 3 nitrogen and oxygen atoms in total. The second-order valence-electron chi connectivity index (χ2n) is 4.68. The Bertz CT molecular complexity index is 496. The quantitative estimate of drug-likeness (QED) is 0.822. The molecule has 1 aliphatic rings. The minimum Gasteiger partial charge on any atom is -0.325 e. The number of hydrogen-bond acceptors (Lipinski definition) is 2. The summed E-state index contributed by atoms with van der Waals surface area (Å²) in [4.78, 5) is 11.9. The zero-order valence-electron chi connectivity index (χ0n) is 10.6. The monoisotopic (exact) mass is 290 g/mol. The smallest absolute Gasteiger partial charge is 0.325 e. The van der Waals surface area contributed by atoms with Gasteiger partial charge in [0.2, 0.25) is 5.91 Å². The molecule has 110 valence electrons. The maximum atomic E-state index is 13.1. The molecule has 0 aliphatic carbocycles. The number of alkyl halides is 3. The number of piperidine rings is 1. The molecule has 2 N–H and O–H groups in total. The Morgan fingerprint density at radius 1 is 1.30 bits per heavy atom. The highest BCUT2D eigenvalue weighted by atomic mass is 19.4. The van der Waals surface area contributed by atoms with Gasteiger partial charge in [-0.15, -0.1) is 0 Å². The molecule has 7 heteroatoms. The fourth-order valence-electron chi connectivity index (χ4n) is 2.13. The molecule has 0 spiro atoms. The zero-order chi connectivity index (χ0) is 14.8. The minimum absolute atomic E-state index is 0.0592. The number of amides is 1. The molecule has 1 aromatic carbocycles. The van der Waals surface area contributed by atoms with Crippen molar-refractivity contribution in [2.75, 3.05) is 11.9 Å². The number of hydrogen-bond donors (Lipinski definition) is 2. The Morgan fingerprint density at radius 2 is 2.05 bits per heavy atom. The molecule has 1 atom stereocenters.